The molecule has 0 unspecified atom stereocenters. The maximum atomic E-state index is 12.9. The van der Waals surface area contributed by atoms with Crippen LogP contribution < -0.4 is 5.32 Å². The van der Waals surface area contributed by atoms with E-state index in [1.54, 1.807) is 0 Å². The highest BCUT2D eigenvalue weighted by molar-refractivity contribution is 5.45. The van der Waals surface area contributed by atoms with Gasteiger partial charge in [-0.2, -0.15) is 0 Å². The van der Waals surface area contributed by atoms with Gasteiger partial charge in [0, 0.05) is 6.54 Å². The molecule has 0 amide bonds. The Hall–Kier alpha value is -1.16. The number of hydrogen-bond donors (Lipinski definition) is 2. The molecule has 1 rings (SSSR count). The monoisotopic (exact) mass is 187 g/mol. The Morgan fingerprint density at radius 3 is 2.38 bits per heavy atom. The van der Waals surface area contributed by atoms with E-state index < -0.39 is 17.7 Å². The molecule has 0 heterocycles. The van der Waals surface area contributed by atoms with Gasteiger partial charge in [-0.05, 0) is 19.1 Å². The van der Waals surface area contributed by atoms with Gasteiger partial charge in [-0.15, -0.1) is 0 Å². The predicted octanol–water partition coefficient (Wildman–Crippen LogP) is 1.76. The van der Waals surface area contributed by atoms with Crippen LogP contribution in [0.15, 0.2) is 18.2 Å². The predicted molar refractivity (Wildman–Crippen MR) is 46.5 cm³/mol. The Morgan fingerprint density at radius 2 is 1.92 bits per heavy atom. The summed E-state index contributed by atoms with van der Waals surface area (Å²) >= 11 is 0. The minimum Gasteiger partial charge on any atom is -0.392 e. The lowest BCUT2D eigenvalue weighted by molar-refractivity contribution is 0.208. The zero-order chi connectivity index (χ0) is 9.84. The molecule has 0 aliphatic heterocycles. The number of nitrogens with one attached hydrogen (secondary N) is 1. The maximum Gasteiger partial charge on any atom is 0.149 e. The Balaban J connectivity index is 2.75. The van der Waals surface area contributed by atoms with Gasteiger partial charge in [0.1, 0.15) is 17.3 Å². The summed E-state index contributed by atoms with van der Waals surface area (Å²) < 4.78 is 25.8. The second-order valence-electron chi connectivity index (χ2n) is 2.83. The lowest BCUT2D eigenvalue weighted by Crippen LogP contribution is -2.16. The van der Waals surface area contributed by atoms with Crippen LogP contribution in [0, 0.1) is 11.6 Å². The van der Waals surface area contributed by atoms with Crippen molar-refractivity contribution in [2.75, 3.05) is 11.9 Å². The average Bonchev–Trinajstić information content (AvgIpc) is 2.03. The van der Waals surface area contributed by atoms with Crippen LogP contribution in [0.1, 0.15) is 6.92 Å². The Kier molecular flexibility index (Phi) is 3.19. The first kappa shape index (κ1) is 9.92. The molecule has 0 saturated carbocycles. The van der Waals surface area contributed by atoms with Crippen molar-refractivity contribution in [3.63, 3.8) is 0 Å². The molecule has 2 N–H and O–H groups in total. The minimum atomic E-state index is -0.652. The topological polar surface area (TPSA) is 32.3 Å². The van der Waals surface area contributed by atoms with Crippen molar-refractivity contribution in [3.8, 4) is 0 Å². The lowest BCUT2D eigenvalue weighted by atomic mass is 10.3. The molecule has 0 aromatic heterocycles. The van der Waals surface area contributed by atoms with Gasteiger partial charge in [-0.3, -0.25) is 0 Å². The fraction of sp³-hybridized carbons (Fsp3) is 0.333. The van der Waals surface area contributed by atoms with Gasteiger partial charge >= 0.3 is 0 Å². The number of halogens is 2. The number of anilines is 1. The Labute approximate surface area is 75.2 Å². The van der Waals surface area contributed by atoms with Crippen LogP contribution in [0.4, 0.5) is 14.5 Å². The van der Waals surface area contributed by atoms with Crippen molar-refractivity contribution in [1.82, 2.24) is 0 Å². The zero-order valence-electron chi connectivity index (χ0n) is 7.22. The number of aliphatic hydroxyl groups excluding tert-OH is 1. The summed E-state index contributed by atoms with van der Waals surface area (Å²) in [6, 6.07) is 3.61. The average molecular weight is 187 g/mol. The Morgan fingerprint density at radius 1 is 1.38 bits per heavy atom. The molecule has 0 spiro atoms. The minimum absolute atomic E-state index is 0.123. The summed E-state index contributed by atoms with van der Waals surface area (Å²) in [5.74, 6) is -1.30. The van der Waals surface area contributed by atoms with E-state index in [4.69, 9.17) is 5.11 Å². The third-order valence-electron chi connectivity index (χ3n) is 1.54. The van der Waals surface area contributed by atoms with Gasteiger partial charge in [0.2, 0.25) is 0 Å². The summed E-state index contributed by atoms with van der Waals surface area (Å²) in [5, 5.41) is 11.4. The van der Waals surface area contributed by atoms with Crippen molar-refractivity contribution in [3.05, 3.63) is 29.8 Å². The second-order valence-corrected chi connectivity index (χ2v) is 2.83. The number of aliphatic hydroxyl groups is 1. The van der Waals surface area contributed by atoms with Gasteiger partial charge in [0.05, 0.1) is 6.10 Å². The first-order valence-corrected chi connectivity index (χ1v) is 3.97. The highest BCUT2D eigenvalue weighted by Crippen LogP contribution is 2.17. The van der Waals surface area contributed by atoms with Crippen molar-refractivity contribution >= 4 is 5.69 Å². The molecule has 0 aliphatic carbocycles. The number of rotatable bonds is 3. The van der Waals surface area contributed by atoms with Gasteiger partial charge in [0.25, 0.3) is 0 Å². The summed E-state index contributed by atoms with van der Waals surface area (Å²) in [7, 11) is 0. The van der Waals surface area contributed by atoms with Crippen LogP contribution in [0.25, 0.3) is 0 Å². The molecule has 1 aromatic carbocycles. The maximum absolute atomic E-state index is 12.9. The van der Waals surface area contributed by atoms with E-state index in [0.717, 1.165) is 12.1 Å². The highest BCUT2D eigenvalue weighted by Gasteiger charge is 2.07. The number of hydrogen-bond acceptors (Lipinski definition) is 2. The largest absolute Gasteiger partial charge is 0.392 e. The van der Waals surface area contributed by atoms with Crippen LogP contribution in [-0.2, 0) is 0 Å². The van der Waals surface area contributed by atoms with Gasteiger partial charge < -0.3 is 10.4 Å². The summed E-state index contributed by atoms with van der Waals surface area (Å²) in [4.78, 5) is 0. The quantitative estimate of drug-likeness (QED) is 0.755. The van der Waals surface area contributed by atoms with E-state index >= 15 is 0 Å². The van der Waals surface area contributed by atoms with E-state index in [1.165, 1.54) is 13.0 Å². The van der Waals surface area contributed by atoms with Gasteiger partial charge in [0.15, 0.2) is 0 Å². The third-order valence-corrected chi connectivity index (χ3v) is 1.54. The van der Waals surface area contributed by atoms with E-state index in [2.05, 4.69) is 5.32 Å². The van der Waals surface area contributed by atoms with E-state index in [1.807, 2.05) is 0 Å². The Bertz CT molecular complexity index is 269. The normalized spacial score (nSPS) is 12.6. The van der Waals surface area contributed by atoms with Crippen molar-refractivity contribution in [2.24, 2.45) is 0 Å². The van der Waals surface area contributed by atoms with Crippen molar-refractivity contribution in [1.29, 1.82) is 0 Å². The van der Waals surface area contributed by atoms with Crippen LogP contribution in [-0.4, -0.2) is 17.8 Å². The highest BCUT2D eigenvalue weighted by atomic mass is 19.1. The molecule has 2 nitrogen and oxygen atoms in total. The van der Waals surface area contributed by atoms with Gasteiger partial charge in [-0.25, -0.2) is 8.78 Å². The number of para-hydroxylation sites is 1. The van der Waals surface area contributed by atoms with Crippen LogP contribution in [0.5, 0.6) is 0 Å². The van der Waals surface area contributed by atoms with Crippen LogP contribution >= 0.6 is 0 Å². The molecule has 1 atom stereocenters. The summed E-state index contributed by atoms with van der Waals surface area (Å²) in [5.41, 5.74) is -0.191. The smallest absolute Gasteiger partial charge is 0.149 e. The first-order chi connectivity index (χ1) is 6.11. The SMILES string of the molecule is C[C@@H](O)CNc1c(F)cccc1F. The molecular weight excluding hydrogens is 176 g/mol. The van der Waals surface area contributed by atoms with E-state index in [9.17, 15) is 8.78 Å². The zero-order valence-corrected chi connectivity index (χ0v) is 7.22. The number of benzene rings is 1. The fourth-order valence-electron chi connectivity index (χ4n) is 0.916. The molecule has 0 saturated heterocycles. The van der Waals surface area contributed by atoms with E-state index in [0.29, 0.717) is 0 Å². The second kappa shape index (κ2) is 4.18. The van der Waals surface area contributed by atoms with Crippen molar-refractivity contribution < 1.29 is 13.9 Å². The lowest BCUT2D eigenvalue weighted by Gasteiger charge is -2.09. The summed E-state index contributed by atoms with van der Waals surface area (Å²) in [6.07, 6.45) is -0.640. The molecule has 0 bridgehead atoms. The fourth-order valence-corrected chi connectivity index (χ4v) is 0.916. The molecule has 1 aromatic rings. The molecule has 0 fully saturated rings. The van der Waals surface area contributed by atoms with Crippen molar-refractivity contribution in [2.45, 2.75) is 13.0 Å². The van der Waals surface area contributed by atoms with E-state index in [-0.39, 0.29) is 12.2 Å². The first-order valence-electron chi connectivity index (χ1n) is 3.97. The standard InChI is InChI=1S/C9H11F2NO/c1-6(13)5-12-9-7(10)3-2-4-8(9)11/h2-4,6,12-13H,5H2,1H3/t6-/m1/s1. The molecule has 0 radical (unpaired) electrons. The molecule has 13 heavy (non-hydrogen) atoms. The summed E-state index contributed by atoms with van der Waals surface area (Å²) in [6.45, 7) is 1.66. The van der Waals surface area contributed by atoms with Gasteiger partial charge in [-0.1, -0.05) is 6.07 Å². The molecular formula is C9H11F2NO. The third kappa shape index (κ3) is 2.66. The molecule has 72 valence electrons. The van der Waals surface area contributed by atoms with Crippen LogP contribution in [0.3, 0.4) is 0 Å². The molecule has 0 aliphatic rings. The molecule has 4 heteroatoms. The van der Waals surface area contributed by atoms with Crippen LogP contribution in [0.2, 0.25) is 0 Å².